The largest absolute Gasteiger partial charge is 0.442 e. The van der Waals surface area contributed by atoms with Gasteiger partial charge in [-0.05, 0) is 20.0 Å². The fourth-order valence-corrected chi connectivity index (χ4v) is 0. The van der Waals surface area contributed by atoms with Gasteiger partial charge in [0.15, 0.2) is 0 Å². The van der Waals surface area contributed by atoms with Crippen LogP contribution in [0.3, 0.4) is 0 Å². The molecule has 0 saturated carbocycles. The summed E-state index contributed by atoms with van der Waals surface area (Å²) in [5, 5.41) is 0. The molecule has 3 heteroatoms. The lowest BCUT2D eigenvalue weighted by Gasteiger charge is -1.81. The summed E-state index contributed by atoms with van der Waals surface area (Å²) in [6, 6.07) is 0. The van der Waals surface area contributed by atoms with E-state index in [-0.39, 0.29) is 0 Å². The Labute approximate surface area is 44.1 Å². The van der Waals surface area contributed by atoms with Crippen molar-refractivity contribution in [1.82, 2.24) is 0 Å². The number of rotatable bonds is 0. The summed E-state index contributed by atoms with van der Waals surface area (Å²) in [6.07, 6.45) is 0. The van der Waals surface area contributed by atoms with Crippen molar-refractivity contribution in [3.8, 4) is 0 Å². The van der Waals surface area contributed by atoms with Crippen molar-refractivity contribution >= 4 is 18.4 Å². The van der Waals surface area contributed by atoms with Crippen LogP contribution in [0.15, 0.2) is 0 Å². The molecule has 1 N–H and O–H groups in total. The van der Waals surface area contributed by atoms with E-state index in [0.29, 0.717) is 18.4 Å². The molecule has 0 aromatic heterocycles. The van der Waals surface area contributed by atoms with Crippen LogP contribution in [0.2, 0.25) is 0 Å². The van der Waals surface area contributed by atoms with Gasteiger partial charge >= 0.3 is 0 Å². The predicted molar refractivity (Wildman–Crippen MR) is 36.8 cm³/mol. The maximum absolute atomic E-state index is 7.14. The van der Waals surface area contributed by atoms with Gasteiger partial charge in [-0.3, -0.25) is 0 Å². The van der Waals surface area contributed by atoms with Gasteiger partial charge in [0.05, 0.1) is 0 Å². The highest BCUT2D eigenvalue weighted by Gasteiger charge is 1.65. The van der Waals surface area contributed by atoms with Crippen molar-refractivity contribution in [3.05, 3.63) is 0 Å². The molecular formula is C3H13OPSi. The molecule has 0 rings (SSSR count). The average Bonchev–Trinajstić information content (AvgIpc) is 1.41. The topological polar surface area (TPSA) is 20.2 Å². The standard InChI is InChI=1S/C3H9P.H4OSi/c1-4(2)3;1-2/h1-3H3;1H,2H3. The second kappa shape index (κ2) is 9.15. The molecule has 0 aromatic carbocycles. The quantitative estimate of drug-likeness (QED) is 0.345. The summed E-state index contributed by atoms with van der Waals surface area (Å²) in [7, 11) is 0.685. The van der Waals surface area contributed by atoms with E-state index in [0.717, 1.165) is 0 Å². The maximum atomic E-state index is 7.14. The summed E-state index contributed by atoms with van der Waals surface area (Å²) < 4.78 is 0. The first-order chi connectivity index (χ1) is 2.73. The molecule has 40 valence electrons. The third-order valence-electron chi connectivity index (χ3n) is 0. The molecule has 0 aliphatic carbocycles. The molecule has 0 saturated heterocycles. The lowest BCUT2D eigenvalue weighted by atomic mass is 11.9. The van der Waals surface area contributed by atoms with Crippen molar-refractivity contribution < 1.29 is 4.80 Å². The molecule has 0 aliphatic heterocycles. The van der Waals surface area contributed by atoms with Crippen LogP contribution in [0.1, 0.15) is 0 Å². The van der Waals surface area contributed by atoms with E-state index in [2.05, 4.69) is 20.0 Å². The third kappa shape index (κ3) is 163. The Hall–Kier alpha value is 0.607. The van der Waals surface area contributed by atoms with E-state index in [4.69, 9.17) is 4.80 Å². The Morgan fingerprint density at radius 1 is 1.17 bits per heavy atom. The summed E-state index contributed by atoms with van der Waals surface area (Å²) >= 11 is 0. The van der Waals surface area contributed by atoms with Crippen molar-refractivity contribution in [2.75, 3.05) is 20.0 Å². The molecule has 0 heterocycles. The minimum Gasteiger partial charge on any atom is -0.442 e. The van der Waals surface area contributed by atoms with Crippen LogP contribution in [0.4, 0.5) is 0 Å². The van der Waals surface area contributed by atoms with Gasteiger partial charge in [-0.1, -0.05) is 0 Å². The zero-order chi connectivity index (χ0) is 5.58. The van der Waals surface area contributed by atoms with E-state index < -0.39 is 0 Å². The van der Waals surface area contributed by atoms with Crippen LogP contribution in [-0.4, -0.2) is 35.3 Å². The van der Waals surface area contributed by atoms with Gasteiger partial charge in [-0.2, -0.15) is 0 Å². The molecular weight excluding hydrogens is 111 g/mol. The second-order valence-electron chi connectivity index (χ2n) is 1.34. The molecule has 0 spiro atoms. The minimum absolute atomic E-state index is 0.306. The fraction of sp³-hybridized carbons (Fsp3) is 1.00. The molecule has 1 nitrogen and oxygen atoms in total. The van der Waals surface area contributed by atoms with E-state index in [1.165, 1.54) is 0 Å². The average molecular weight is 124 g/mol. The maximum Gasteiger partial charge on any atom is 0.141 e. The molecule has 0 radical (unpaired) electrons. The van der Waals surface area contributed by atoms with Gasteiger partial charge in [0.2, 0.25) is 0 Å². The summed E-state index contributed by atoms with van der Waals surface area (Å²) in [5.41, 5.74) is 0. The Morgan fingerprint density at radius 2 is 1.17 bits per heavy atom. The molecule has 6 heavy (non-hydrogen) atoms. The summed E-state index contributed by atoms with van der Waals surface area (Å²) in [5.74, 6) is 0. The highest BCUT2D eigenvalue weighted by atomic mass is 31.1. The first-order valence-electron chi connectivity index (χ1n) is 1.79. The van der Waals surface area contributed by atoms with Crippen LogP contribution in [0.5, 0.6) is 0 Å². The van der Waals surface area contributed by atoms with Crippen molar-refractivity contribution in [1.29, 1.82) is 0 Å². The van der Waals surface area contributed by atoms with Crippen LogP contribution >= 0.6 is 7.92 Å². The van der Waals surface area contributed by atoms with Gasteiger partial charge < -0.3 is 4.80 Å². The summed E-state index contributed by atoms with van der Waals surface area (Å²) in [6.45, 7) is 6.69. The lowest BCUT2D eigenvalue weighted by molar-refractivity contribution is 0.629. The number of hydrogen-bond donors (Lipinski definition) is 1. The van der Waals surface area contributed by atoms with Gasteiger partial charge in [0, 0.05) is 0 Å². The zero-order valence-corrected chi connectivity index (χ0v) is 7.79. The molecule has 0 aromatic rings. The van der Waals surface area contributed by atoms with Gasteiger partial charge in [0.1, 0.15) is 10.5 Å². The molecule has 0 atom stereocenters. The van der Waals surface area contributed by atoms with E-state index in [1.54, 1.807) is 0 Å². The van der Waals surface area contributed by atoms with Crippen LogP contribution in [-0.2, 0) is 0 Å². The van der Waals surface area contributed by atoms with Crippen LogP contribution in [0, 0.1) is 0 Å². The minimum atomic E-state index is 0.306. The Bertz CT molecular complexity index is 15.5. The van der Waals surface area contributed by atoms with E-state index in [1.807, 2.05) is 0 Å². The Kier molecular flexibility index (Phi) is 14.9. The van der Waals surface area contributed by atoms with Crippen LogP contribution < -0.4 is 0 Å². The third-order valence-corrected chi connectivity index (χ3v) is 0. The van der Waals surface area contributed by atoms with Crippen molar-refractivity contribution in [3.63, 3.8) is 0 Å². The molecule has 0 aliphatic rings. The molecule has 0 fully saturated rings. The highest BCUT2D eigenvalue weighted by Crippen LogP contribution is 2.14. The smallest absolute Gasteiger partial charge is 0.141 e. The van der Waals surface area contributed by atoms with Gasteiger partial charge in [-0.15, -0.1) is 7.92 Å². The van der Waals surface area contributed by atoms with Crippen molar-refractivity contribution in [2.45, 2.75) is 0 Å². The normalized spacial score (nSPS) is 7.50. The molecule has 0 amide bonds. The number of hydrogen-bond acceptors (Lipinski definition) is 1. The first kappa shape index (κ1) is 9.79. The SMILES string of the molecule is CP(C)C.O[SiH3]. The Morgan fingerprint density at radius 3 is 1.17 bits per heavy atom. The zero-order valence-electron chi connectivity index (χ0n) is 4.89. The van der Waals surface area contributed by atoms with Gasteiger partial charge in [0.25, 0.3) is 0 Å². The van der Waals surface area contributed by atoms with E-state index >= 15 is 0 Å². The monoisotopic (exact) mass is 124 g/mol. The summed E-state index contributed by atoms with van der Waals surface area (Å²) in [4.78, 5) is 7.14. The van der Waals surface area contributed by atoms with Crippen molar-refractivity contribution in [2.24, 2.45) is 0 Å². The first-order valence-corrected chi connectivity index (χ1v) is 5.37. The highest BCUT2D eigenvalue weighted by molar-refractivity contribution is 7.55. The second-order valence-corrected chi connectivity index (χ2v) is 4.02. The predicted octanol–water partition coefficient (Wildman–Crippen LogP) is -0.383. The Balaban J connectivity index is 0. The van der Waals surface area contributed by atoms with E-state index in [9.17, 15) is 0 Å². The van der Waals surface area contributed by atoms with Crippen LogP contribution in [0.25, 0.3) is 0 Å². The van der Waals surface area contributed by atoms with Gasteiger partial charge in [-0.25, -0.2) is 0 Å². The fourth-order valence-electron chi connectivity index (χ4n) is 0. The molecule has 0 unspecified atom stereocenters. The lowest BCUT2D eigenvalue weighted by Crippen LogP contribution is -1.48. The molecule has 0 bridgehead atoms.